The summed E-state index contributed by atoms with van der Waals surface area (Å²) in [5, 5.41) is 9.09. The quantitative estimate of drug-likeness (QED) is 0.767. The summed E-state index contributed by atoms with van der Waals surface area (Å²) in [6, 6.07) is 8.69. The van der Waals surface area contributed by atoms with Crippen molar-refractivity contribution in [2.75, 3.05) is 0 Å². The van der Waals surface area contributed by atoms with Crippen molar-refractivity contribution in [1.82, 2.24) is 14.5 Å². The van der Waals surface area contributed by atoms with Gasteiger partial charge in [0.1, 0.15) is 12.4 Å². The van der Waals surface area contributed by atoms with Crippen molar-refractivity contribution in [3.05, 3.63) is 52.4 Å². The van der Waals surface area contributed by atoms with E-state index >= 15 is 0 Å². The number of hydrogen-bond donors (Lipinski definition) is 2. The Bertz CT molecular complexity index is 893. The van der Waals surface area contributed by atoms with Crippen molar-refractivity contribution in [1.29, 1.82) is 0 Å². The van der Waals surface area contributed by atoms with Crippen LogP contribution in [-0.4, -0.2) is 25.6 Å². The van der Waals surface area contributed by atoms with E-state index in [4.69, 9.17) is 5.11 Å². The molecule has 3 rings (SSSR count). The first-order valence-corrected chi connectivity index (χ1v) is 6.43. The molecular weight excluding hydrogens is 270 g/mol. The van der Waals surface area contributed by atoms with Crippen LogP contribution in [0.1, 0.15) is 5.69 Å². The first kappa shape index (κ1) is 13.1. The van der Waals surface area contributed by atoms with Crippen LogP contribution in [0.15, 0.2) is 41.3 Å². The molecule has 0 bridgehead atoms. The lowest BCUT2D eigenvalue weighted by atomic mass is 10.2. The molecular formula is C15H13N3O3. The number of hydrogen-bond acceptors (Lipinski definition) is 3. The van der Waals surface area contributed by atoms with Gasteiger partial charge in [-0.25, -0.2) is 4.98 Å². The Balaban J connectivity index is 2.30. The smallest absolute Gasteiger partial charge is 0.323 e. The molecule has 0 aliphatic carbocycles. The van der Waals surface area contributed by atoms with Crippen LogP contribution < -0.4 is 5.43 Å². The maximum Gasteiger partial charge on any atom is 0.323 e. The van der Waals surface area contributed by atoms with E-state index in [1.165, 1.54) is 10.6 Å². The fraction of sp³-hybridized carbons (Fsp3) is 0.133. The third kappa shape index (κ3) is 2.31. The normalized spacial score (nSPS) is 10.9. The molecule has 0 aliphatic heterocycles. The second kappa shape index (κ2) is 4.90. The van der Waals surface area contributed by atoms with Gasteiger partial charge in [0.2, 0.25) is 0 Å². The van der Waals surface area contributed by atoms with Crippen LogP contribution in [0, 0.1) is 6.92 Å². The summed E-state index contributed by atoms with van der Waals surface area (Å²) in [4.78, 5) is 30.6. The van der Waals surface area contributed by atoms with E-state index in [1.54, 1.807) is 25.3 Å². The fourth-order valence-electron chi connectivity index (χ4n) is 2.32. The van der Waals surface area contributed by atoms with Crippen LogP contribution in [0.3, 0.4) is 0 Å². The van der Waals surface area contributed by atoms with Crippen molar-refractivity contribution in [3.63, 3.8) is 0 Å². The summed E-state index contributed by atoms with van der Waals surface area (Å²) >= 11 is 0. The molecule has 0 radical (unpaired) electrons. The number of H-pyrrole nitrogens is 1. The average Bonchev–Trinajstić information content (AvgIpc) is 2.77. The number of carboxylic acid groups (broad SMARTS) is 1. The number of rotatable bonds is 3. The molecule has 6 heteroatoms. The lowest BCUT2D eigenvalue weighted by Gasteiger charge is -2.06. The van der Waals surface area contributed by atoms with Crippen molar-refractivity contribution in [2.45, 2.75) is 13.5 Å². The summed E-state index contributed by atoms with van der Waals surface area (Å²) < 4.78 is 1.54. The van der Waals surface area contributed by atoms with Gasteiger partial charge < -0.3 is 14.7 Å². The molecule has 21 heavy (non-hydrogen) atoms. The van der Waals surface area contributed by atoms with E-state index in [-0.39, 0.29) is 12.0 Å². The van der Waals surface area contributed by atoms with Crippen molar-refractivity contribution >= 4 is 17.0 Å². The minimum atomic E-state index is -0.983. The van der Waals surface area contributed by atoms with Gasteiger partial charge >= 0.3 is 5.97 Å². The standard InChI is InChI=1S/C15H13N3O3/c1-9-6-13(19)10(7-16-9)15-17-11-4-2-3-5-12(11)18(15)8-14(20)21/h2-7H,8H2,1H3,(H,16,19)(H,20,21). The number of nitrogens with one attached hydrogen (secondary N) is 1. The fourth-order valence-corrected chi connectivity index (χ4v) is 2.32. The van der Waals surface area contributed by atoms with Gasteiger partial charge in [0.05, 0.1) is 16.6 Å². The number of aromatic amines is 1. The maximum absolute atomic E-state index is 12.1. The molecule has 0 saturated heterocycles. The van der Waals surface area contributed by atoms with E-state index in [9.17, 15) is 9.59 Å². The molecule has 0 fully saturated rings. The zero-order valence-corrected chi connectivity index (χ0v) is 11.3. The van der Waals surface area contributed by atoms with Crippen LogP contribution in [0.25, 0.3) is 22.4 Å². The summed E-state index contributed by atoms with van der Waals surface area (Å²) in [7, 11) is 0. The Hall–Kier alpha value is -2.89. The average molecular weight is 283 g/mol. The molecule has 2 aromatic heterocycles. The molecule has 3 aromatic rings. The van der Waals surface area contributed by atoms with E-state index in [1.807, 2.05) is 12.1 Å². The molecule has 106 valence electrons. The van der Waals surface area contributed by atoms with Crippen LogP contribution in [0.4, 0.5) is 0 Å². The van der Waals surface area contributed by atoms with Gasteiger partial charge in [0.15, 0.2) is 5.43 Å². The number of aliphatic carboxylic acids is 1. The first-order valence-electron chi connectivity index (χ1n) is 6.43. The van der Waals surface area contributed by atoms with Crippen LogP contribution >= 0.6 is 0 Å². The number of fused-ring (bicyclic) bond motifs is 1. The van der Waals surface area contributed by atoms with Gasteiger partial charge in [0, 0.05) is 18.0 Å². The van der Waals surface area contributed by atoms with Crippen LogP contribution in [0.2, 0.25) is 0 Å². The highest BCUT2D eigenvalue weighted by Crippen LogP contribution is 2.22. The number of para-hydroxylation sites is 2. The van der Waals surface area contributed by atoms with E-state index < -0.39 is 5.97 Å². The predicted molar refractivity (Wildman–Crippen MR) is 78.2 cm³/mol. The first-order chi connectivity index (χ1) is 10.1. The highest BCUT2D eigenvalue weighted by molar-refractivity contribution is 5.82. The van der Waals surface area contributed by atoms with E-state index in [0.29, 0.717) is 22.4 Å². The van der Waals surface area contributed by atoms with Gasteiger partial charge in [-0.05, 0) is 19.1 Å². The zero-order valence-electron chi connectivity index (χ0n) is 11.3. The third-order valence-corrected chi connectivity index (χ3v) is 3.25. The van der Waals surface area contributed by atoms with Gasteiger partial charge in [-0.2, -0.15) is 0 Å². The third-order valence-electron chi connectivity index (χ3n) is 3.25. The molecule has 0 atom stereocenters. The second-order valence-corrected chi connectivity index (χ2v) is 4.80. The lowest BCUT2D eigenvalue weighted by Crippen LogP contribution is -2.14. The minimum absolute atomic E-state index is 0.187. The van der Waals surface area contributed by atoms with Crippen molar-refractivity contribution in [2.24, 2.45) is 0 Å². The Morgan fingerprint density at radius 3 is 2.86 bits per heavy atom. The van der Waals surface area contributed by atoms with Crippen LogP contribution in [-0.2, 0) is 11.3 Å². The molecule has 2 heterocycles. The van der Waals surface area contributed by atoms with Crippen molar-refractivity contribution < 1.29 is 9.90 Å². The topological polar surface area (TPSA) is 88.0 Å². The maximum atomic E-state index is 12.1. The Morgan fingerprint density at radius 2 is 2.14 bits per heavy atom. The number of aromatic nitrogens is 3. The lowest BCUT2D eigenvalue weighted by molar-refractivity contribution is -0.137. The molecule has 0 aliphatic rings. The van der Waals surface area contributed by atoms with Crippen LogP contribution in [0.5, 0.6) is 0 Å². The molecule has 2 N–H and O–H groups in total. The Kier molecular flexibility index (Phi) is 3.06. The number of imidazole rings is 1. The number of aryl methyl sites for hydroxylation is 1. The molecule has 6 nitrogen and oxygen atoms in total. The molecule has 0 amide bonds. The number of carbonyl (C=O) groups is 1. The summed E-state index contributed by atoms with van der Waals surface area (Å²) in [5.41, 5.74) is 2.26. The predicted octanol–water partition coefficient (Wildman–Crippen LogP) is 1.78. The van der Waals surface area contributed by atoms with Gasteiger partial charge in [-0.15, -0.1) is 0 Å². The SMILES string of the molecule is Cc1cc(=O)c(-c2nc3ccccc3n2CC(=O)O)c[nH]1. The van der Waals surface area contributed by atoms with E-state index in [2.05, 4.69) is 9.97 Å². The monoisotopic (exact) mass is 283 g/mol. The highest BCUT2D eigenvalue weighted by atomic mass is 16.4. The highest BCUT2D eigenvalue weighted by Gasteiger charge is 2.16. The minimum Gasteiger partial charge on any atom is -0.480 e. The summed E-state index contributed by atoms with van der Waals surface area (Å²) in [5.74, 6) is -0.622. The van der Waals surface area contributed by atoms with Gasteiger partial charge in [-0.1, -0.05) is 12.1 Å². The summed E-state index contributed by atoms with van der Waals surface area (Å²) in [6.45, 7) is 1.54. The number of pyridine rings is 1. The Morgan fingerprint density at radius 1 is 1.38 bits per heavy atom. The number of carboxylic acids is 1. The zero-order chi connectivity index (χ0) is 15.0. The number of benzene rings is 1. The van der Waals surface area contributed by atoms with Gasteiger partial charge in [-0.3, -0.25) is 9.59 Å². The van der Waals surface area contributed by atoms with Crippen molar-refractivity contribution in [3.8, 4) is 11.4 Å². The molecule has 0 spiro atoms. The Labute approximate surface area is 119 Å². The molecule has 1 aromatic carbocycles. The van der Waals surface area contributed by atoms with Gasteiger partial charge in [0.25, 0.3) is 0 Å². The molecule has 0 unspecified atom stereocenters. The molecule has 0 saturated carbocycles. The number of nitrogens with zero attached hydrogens (tertiary/aromatic N) is 2. The summed E-state index contributed by atoms with van der Waals surface area (Å²) in [6.07, 6.45) is 1.57. The second-order valence-electron chi connectivity index (χ2n) is 4.80. The largest absolute Gasteiger partial charge is 0.480 e. The van der Waals surface area contributed by atoms with E-state index in [0.717, 1.165) is 5.69 Å².